The maximum absolute atomic E-state index is 13.7. The Morgan fingerprint density at radius 1 is 0.707 bits per heavy atom. The Morgan fingerprint density at radius 3 is 1.79 bits per heavy atom. The van der Waals surface area contributed by atoms with Crippen LogP contribution < -0.4 is 27.2 Å². The Balaban J connectivity index is 1.73. The summed E-state index contributed by atoms with van der Waals surface area (Å²) in [7, 11) is 0. The minimum absolute atomic E-state index is 0.0120. The molecule has 2 aromatic carbocycles. The van der Waals surface area contributed by atoms with Crippen molar-refractivity contribution in [3.63, 3.8) is 0 Å². The van der Waals surface area contributed by atoms with Gasteiger partial charge in [-0.3, -0.25) is 25.7 Å². The first-order chi connectivity index (χ1) is 28.2. The molecule has 0 aliphatic heterocycles. The number of hydrogen-bond donors (Lipinski definition) is 7. The average Bonchev–Trinajstić information content (AvgIpc) is 3.22. The molecular formula is C38H58N8O12. The number of carbonyl (C=O) groups excluding carboxylic acids is 3. The first-order valence-electron chi connectivity index (χ1n) is 19.1. The van der Waals surface area contributed by atoms with Crippen LogP contribution in [0.15, 0.2) is 59.7 Å². The molecule has 0 heterocycles. The summed E-state index contributed by atoms with van der Waals surface area (Å²) in [4.78, 5) is 53.8. The lowest BCUT2D eigenvalue weighted by Crippen LogP contribution is -2.53. The second kappa shape index (κ2) is 32.3. The molecule has 3 atom stereocenters. The van der Waals surface area contributed by atoms with Gasteiger partial charge in [-0.1, -0.05) is 47.6 Å². The molecule has 0 aliphatic rings. The number of nitrogens with zero attached hydrogens (tertiary/aromatic N) is 3. The van der Waals surface area contributed by atoms with Crippen molar-refractivity contribution in [2.24, 2.45) is 11.0 Å². The third-order valence-electron chi connectivity index (χ3n) is 8.09. The normalized spacial score (nSPS) is 12.5. The standard InChI is InChI=1S/C38H58N8O12/c39-41-14-5-4-8-32(36(49)43-31-11-9-30(10-12-31)35(48)38(51)52)45-37(50)33(28-29-6-2-1-3-7-29)44-34(47)13-16-53-18-20-55-22-24-57-26-27-58-25-23-56-21-19-54-17-15-42-46-40/h1-3,6-7,9-12,32-33,35,41,48H,4-5,8,13-28,39H2,(H,43,49)(H,44,47)(H,45,50)(H,51,52)/t32-,33-,35?/m0/s1. The van der Waals surface area contributed by atoms with Crippen LogP contribution in [0.5, 0.6) is 0 Å². The van der Waals surface area contributed by atoms with Gasteiger partial charge < -0.3 is 54.6 Å². The summed E-state index contributed by atoms with van der Waals surface area (Å²) in [6.07, 6.45) is -0.0923. The van der Waals surface area contributed by atoms with Crippen molar-refractivity contribution in [2.45, 2.75) is 50.3 Å². The van der Waals surface area contributed by atoms with Crippen LogP contribution in [0.2, 0.25) is 0 Å². The molecule has 58 heavy (non-hydrogen) atoms. The molecule has 322 valence electrons. The number of carboxylic acid groups (broad SMARTS) is 1. The van der Waals surface area contributed by atoms with Crippen molar-refractivity contribution in [3.05, 3.63) is 76.2 Å². The minimum atomic E-state index is -1.71. The van der Waals surface area contributed by atoms with Crippen LogP contribution in [-0.4, -0.2) is 138 Å². The number of unbranched alkanes of at least 4 members (excludes halogenated alkanes) is 1. The van der Waals surface area contributed by atoms with Gasteiger partial charge in [-0.15, -0.1) is 0 Å². The highest BCUT2D eigenvalue weighted by molar-refractivity contribution is 5.98. The molecule has 3 amide bonds. The van der Waals surface area contributed by atoms with Gasteiger partial charge >= 0.3 is 5.97 Å². The number of anilines is 1. The highest BCUT2D eigenvalue weighted by Gasteiger charge is 2.27. The molecule has 1 unspecified atom stereocenters. The number of nitrogens with two attached hydrogens (primary N) is 1. The molecule has 0 fully saturated rings. The van der Waals surface area contributed by atoms with E-state index in [1.807, 2.05) is 30.3 Å². The molecule has 0 spiro atoms. The molecule has 20 nitrogen and oxygen atoms in total. The number of carboxylic acids is 1. The number of hydrazine groups is 1. The summed E-state index contributed by atoms with van der Waals surface area (Å²) in [6.45, 7) is 5.03. The number of aliphatic hydroxyl groups excluding tert-OH is 1. The molecular weight excluding hydrogens is 760 g/mol. The van der Waals surface area contributed by atoms with Gasteiger partial charge in [0.15, 0.2) is 6.10 Å². The second-order valence-corrected chi connectivity index (χ2v) is 12.6. The Bertz CT molecular complexity index is 1490. The van der Waals surface area contributed by atoms with E-state index in [0.29, 0.717) is 97.7 Å². The van der Waals surface area contributed by atoms with Gasteiger partial charge in [-0.2, -0.15) is 0 Å². The van der Waals surface area contributed by atoms with Gasteiger partial charge in [-0.25, -0.2) is 4.79 Å². The number of hydrogen-bond acceptors (Lipinski definition) is 14. The van der Waals surface area contributed by atoms with E-state index in [2.05, 4.69) is 31.4 Å². The number of benzene rings is 2. The van der Waals surface area contributed by atoms with Gasteiger partial charge in [0.2, 0.25) is 17.7 Å². The first kappa shape index (κ1) is 49.4. The molecule has 0 radical (unpaired) electrons. The fraction of sp³-hybridized carbons (Fsp3) is 0.579. The van der Waals surface area contributed by atoms with Crippen LogP contribution in [0.1, 0.15) is 42.9 Å². The third kappa shape index (κ3) is 23.5. The highest BCUT2D eigenvalue weighted by Crippen LogP contribution is 2.17. The lowest BCUT2D eigenvalue weighted by molar-refractivity contribution is -0.147. The predicted molar refractivity (Wildman–Crippen MR) is 211 cm³/mol. The maximum atomic E-state index is 13.7. The van der Waals surface area contributed by atoms with Crippen molar-refractivity contribution in [1.82, 2.24) is 16.1 Å². The molecule has 0 aliphatic carbocycles. The van der Waals surface area contributed by atoms with Gasteiger partial charge in [0.1, 0.15) is 12.1 Å². The van der Waals surface area contributed by atoms with E-state index >= 15 is 0 Å². The fourth-order valence-electron chi connectivity index (χ4n) is 5.08. The van der Waals surface area contributed by atoms with Crippen LogP contribution in [0.4, 0.5) is 5.69 Å². The van der Waals surface area contributed by atoms with E-state index in [1.165, 1.54) is 24.3 Å². The SMILES string of the molecule is [N-]=[N+]=NCCOCCOCCOCCOCCOCCOCCC(=O)N[C@@H](Cc1ccccc1)C(=O)N[C@@H](CCCCNN)C(=O)Nc1ccc(C(O)C(=O)O)cc1. The lowest BCUT2D eigenvalue weighted by atomic mass is 10.0. The molecule has 2 rings (SSSR count). The van der Waals surface area contributed by atoms with E-state index in [4.69, 9.17) is 44.9 Å². The average molecular weight is 819 g/mol. The number of carbonyl (C=O) groups is 4. The van der Waals surface area contributed by atoms with Crippen molar-refractivity contribution in [2.75, 3.05) is 97.7 Å². The fourth-order valence-corrected chi connectivity index (χ4v) is 5.08. The Hall–Kier alpha value is -4.73. The van der Waals surface area contributed by atoms with E-state index in [9.17, 15) is 24.3 Å². The quantitative estimate of drug-likeness (QED) is 0.0129. The maximum Gasteiger partial charge on any atom is 0.337 e. The molecule has 0 saturated carbocycles. The van der Waals surface area contributed by atoms with Crippen molar-refractivity contribution < 1.29 is 57.8 Å². The van der Waals surface area contributed by atoms with Crippen LogP contribution in [0.3, 0.4) is 0 Å². The number of aliphatic carboxylic acids is 1. The summed E-state index contributed by atoms with van der Waals surface area (Å²) >= 11 is 0. The molecule has 20 heteroatoms. The summed E-state index contributed by atoms with van der Waals surface area (Å²) in [5.74, 6) is 2.51. The zero-order valence-electron chi connectivity index (χ0n) is 32.8. The second-order valence-electron chi connectivity index (χ2n) is 12.6. The number of nitrogens with one attached hydrogen (secondary N) is 4. The van der Waals surface area contributed by atoms with Crippen LogP contribution >= 0.6 is 0 Å². The van der Waals surface area contributed by atoms with Crippen LogP contribution in [-0.2, 0) is 54.0 Å². The third-order valence-corrected chi connectivity index (χ3v) is 8.09. The lowest BCUT2D eigenvalue weighted by Gasteiger charge is -2.23. The number of rotatable bonds is 35. The van der Waals surface area contributed by atoms with Gasteiger partial charge in [0, 0.05) is 36.5 Å². The van der Waals surface area contributed by atoms with E-state index in [1.54, 1.807) is 0 Å². The predicted octanol–water partition coefficient (Wildman–Crippen LogP) is 1.39. The number of azide groups is 1. The number of ether oxygens (including phenoxy) is 6. The zero-order valence-corrected chi connectivity index (χ0v) is 32.8. The summed E-state index contributed by atoms with van der Waals surface area (Å²) in [5, 5.41) is 30.5. The van der Waals surface area contributed by atoms with Crippen molar-refractivity contribution in [1.29, 1.82) is 0 Å². The van der Waals surface area contributed by atoms with Gasteiger partial charge in [-0.05, 0) is 48.1 Å². The summed E-state index contributed by atoms with van der Waals surface area (Å²) < 4.78 is 32.5. The molecule has 0 bridgehead atoms. The van der Waals surface area contributed by atoms with Gasteiger partial charge in [0.25, 0.3) is 0 Å². The van der Waals surface area contributed by atoms with E-state index < -0.39 is 41.9 Å². The first-order valence-corrected chi connectivity index (χ1v) is 19.1. The molecule has 0 aromatic heterocycles. The Morgan fingerprint density at radius 2 is 1.26 bits per heavy atom. The summed E-state index contributed by atoms with van der Waals surface area (Å²) in [5.41, 5.74) is 12.0. The smallest absolute Gasteiger partial charge is 0.337 e. The Labute approximate surface area is 338 Å². The highest BCUT2D eigenvalue weighted by atomic mass is 16.6. The largest absolute Gasteiger partial charge is 0.479 e. The van der Waals surface area contributed by atoms with Crippen molar-refractivity contribution in [3.8, 4) is 0 Å². The van der Waals surface area contributed by atoms with Crippen LogP contribution in [0, 0.1) is 0 Å². The topological polar surface area (TPSA) is 287 Å². The van der Waals surface area contributed by atoms with E-state index in [0.717, 1.165) is 5.56 Å². The summed E-state index contributed by atoms with van der Waals surface area (Å²) in [6, 6.07) is 12.9. The van der Waals surface area contributed by atoms with E-state index in [-0.39, 0.29) is 38.0 Å². The van der Waals surface area contributed by atoms with Crippen molar-refractivity contribution >= 4 is 29.4 Å². The van der Waals surface area contributed by atoms with Gasteiger partial charge in [0.05, 0.1) is 79.3 Å². The molecule has 2 aromatic rings. The molecule has 0 saturated heterocycles. The monoisotopic (exact) mass is 818 g/mol. The number of amides is 3. The zero-order chi connectivity index (χ0) is 42.1. The number of aliphatic hydroxyl groups is 1. The Kier molecular flexibility index (Phi) is 27.5. The van der Waals surface area contributed by atoms with Crippen LogP contribution in [0.25, 0.3) is 10.4 Å². The molecule has 8 N–H and O–H groups in total. The minimum Gasteiger partial charge on any atom is -0.479 e.